The van der Waals surface area contributed by atoms with Crippen molar-refractivity contribution in [2.45, 2.75) is 0 Å². The van der Waals surface area contributed by atoms with E-state index in [4.69, 9.17) is 15.0 Å². The standard InChI is InChI=1S/C4H6O3.CHO2/c1-3(5)4(6)7-2;2-1-3/h5H,1H2,2H3;(H,2,3). The van der Waals surface area contributed by atoms with Crippen molar-refractivity contribution in [2.24, 2.45) is 0 Å². The zero-order valence-electron chi connectivity index (χ0n) is 5.33. The summed E-state index contributed by atoms with van der Waals surface area (Å²) in [5, 5.41) is 14.9. The lowest BCUT2D eigenvalue weighted by Gasteiger charge is -1.90. The molecule has 57 valence electrons. The third-order valence-corrected chi connectivity index (χ3v) is 0.421. The van der Waals surface area contributed by atoms with Crippen LogP contribution in [0.25, 0.3) is 0 Å². The van der Waals surface area contributed by atoms with Gasteiger partial charge >= 0.3 is 12.4 Å². The molecule has 0 heterocycles. The Hall–Kier alpha value is -1.52. The van der Waals surface area contributed by atoms with Crippen molar-refractivity contribution in [3.63, 3.8) is 0 Å². The van der Waals surface area contributed by atoms with E-state index in [1.54, 1.807) is 0 Å². The van der Waals surface area contributed by atoms with Gasteiger partial charge in [-0.2, -0.15) is 0 Å². The largest absolute Gasteiger partial charge is 0.502 e. The number of ether oxygens (including phenoxy) is 1. The molecule has 0 aliphatic heterocycles. The summed E-state index contributed by atoms with van der Waals surface area (Å²) in [6.07, 6.45) is 0. The Morgan fingerprint density at radius 3 is 2.00 bits per heavy atom. The predicted molar refractivity (Wildman–Crippen MR) is 32.1 cm³/mol. The Kier molecular flexibility index (Phi) is 8.45. The first-order valence-corrected chi connectivity index (χ1v) is 2.07. The number of hydrogen-bond donors (Lipinski definition) is 2. The van der Waals surface area contributed by atoms with E-state index < -0.39 is 11.7 Å². The fourth-order valence-electron chi connectivity index (χ4n) is 0.118. The minimum Gasteiger partial charge on any atom is -0.502 e. The topological polar surface area (TPSA) is 83.8 Å². The van der Waals surface area contributed by atoms with E-state index in [-0.39, 0.29) is 0 Å². The molecule has 0 aliphatic rings. The minimum absolute atomic E-state index is 0.500. The van der Waals surface area contributed by atoms with Crippen molar-refractivity contribution in [3.8, 4) is 0 Å². The highest BCUT2D eigenvalue weighted by molar-refractivity contribution is 5.84. The number of hydrogen-bond acceptors (Lipinski definition) is 4. The van der Waals surface area contributed by atoms with Gasteiger partial charge < -0.3 is 14.9 Å². The van der Waals surface area contributed by atoms with Crippen LogP contribution in [0.1, 0.15) is 0 Å². The van der Waals surface area contributed by atoms with Crippen LogP contribution in [0.4, 0.5) is 0 Å². The van der Waals surface area contributed by atoms with Gasteiger partial charge in [-0.1, -0.05) is 0 Å². The van der Waals surface area contributed by atoms with E-state index in [1.165, 1.54) is 7.11 Å². The molecule has 1 radical (unpaired) electrons. The Morgan fingerprint density at radius 1 is 1.70 bits per heavy atom. The second-order valence-corrected chi connectivity index (χ2v) is 1.03. The summed E-state index contributed by atoms with van der Waals surface area (Å²) in [6, 6.07) is 0. The Bertz CT molecular complexity index is 128. The number of methoxy groups -OCH3 is 1. The molecule has 0 saturated heterocycles. The van der Waals surface area contributed by atoms with Gasteiger partial charge in [0.2, 0.25) is 0 Å². The SMILES string of the molecule is C=C(O)C(=O)OC.O=[C]O. The molecule has 5 heteroatoms. The van der Waals surface area contributed by atoms with Crippen molar-refractivity contribution >= 4 is 12.4 Å². The molecular weight excluding hydrogens is 140 g/mol. The second-order valence-electron chi connectivity index (χ2n) is 1.03. The fraction of sp³-hybridized carbons (Fsp3) is 0.200. The summed E-state index contributed by atoms with van der Waals surface area (Å²) in [5.41, 5.74) is 0. The third kappa shape index (κ3) is 9.70. The number of aliphatic hydroxyl groups is 1. The maximum atomic E-state index is 9.94. The molecule has 0 aliphatic carbocycles. The maximum Gasteiger partial charge on any atom is 0.414 e. The summed E-state index contributed by atoms with van der Waals surface area (Å²) >= 11 is 0. The predicted octanol–water partition coefficient (Wildman–Crippen LogP) is -0.157. The minimum atomic E-state index is -0.792. The van der Waals surface area contributed by atoms with Gasteiger partial charge in [0, 0.05) is 0 Å². The Balaban J connectivity index is 0. The smallest absolute Gasteiger partial charge is 0.414 e. The lowest BCUT2D eigenvalue weighted by atomic mass is 10.6. The number of esters is 1. The third-order valence-electron chi connectivity index (χ3n) is 0.421. The normalized spacial score (nSPS) is 6.50. The van der Waals surface area contributed by atoms with E-state index in [1.807, 2.05) is 0 Å². The molecule has 0 amide bonds. The van der Waals surface area contributed by atoms with Gasteiger partial charge in [0.25, 0.3) is 0 Å². The quantitative estimate of drug-likeness (QED) is 0.306. The molecule has 0 aromatic rings. The van der Waals surface area contributed by atoms with Gasteiger partial charge in [-0.3, -0.25) is 0 Å². The number of carbonyl (C=O) groups is 1. The van der Waals surface area contributed by atoms with Crippen LogP contribution in [0.15, 0.2) is 12.3 Å². The maximum absolute atomic E-state index is 9.94. The zero-order chi connectivity index (χ0) is 8.57. The summed E-state index contributed by atoms with van der Waals surface area (Å²) < 4.78 is 4.02. The van der Waals surface area contributed by atoms with Gasteiger partial charge in [-0.15, -0.1) is 0 Å². The number of rotatable bonds is 1. The first-order valence-electron chi connectivity index (χ1n) is 2.07. The monoisotopic (exact) mass is 147 g/mol. The van der Waals surface area contributed by atoms with E-state index in [0.717, 1.165) is 0 Å². The fourth-order valence-corrected chi connectivity index (χ4v) is 0.118. The van der Waals surface area contributed by atoms with Crippen LogP contribution < -0.4 is 0 Å². The Labute approximate surface area is 57.5 Å². The van der Waals surface area contributed by atoms with Crippen molar-refractivity contribution in [1.29, 1.82) is 0 Å². The second kappa shape index (κ2) is 7.48. The molecule has 0 aromatic carbocycles. The molecule has 0 aromatic heterocycles. The molecule has 0 spiro atoms. The molecule has 2 N–H and O–H groups in total. The average Bonchev–Trinajstić information content (AvgIpc) is 1.88. The lowest BCUT2D eigenvalue weighted by Crippen LogP contribution is -2.01. The Morgan fingerprint density at radius 2 is 2.00 bits per heavy atom. The summed E-state index contributed by atoms with van der Waals surface area (Å²) in [7, 11) is 1.17. The van der Waals surface area contributed by atoms with Crippen LogP contribution in [-0.2, 0) is 14.3 Å². The zero-order valence-corrected chi connectivity index (χ0v) is 5.33. The first kappa shape index (κ1) is 11.3. The summed E-state index contributed by atoms with van der Waals surface area (Å²) in [5.74, 6) is -1.36. The van der Waals surface area contributed by atoms with Gasteiger partial charge in [0.15, 0.2) is 5.76 Å². The van der Waals surface area contributed by atoms with Crippen LogP contribution >= 0.6 is 0 Å². The van der Waals surface area contributed by atoms with E-state index >= 15 is 0 Å². The molecule has 0 fully saturated rings. The molecule has 0 atom stereocenters. The lowest BCUT2D eigenvalue weighted by molar-refractivity contribution is -0.138. The van der Waals surface area contributed by atoms with Crippen LogP contribution in [-0.4, -0.2) is 29.8 Å². The molecule has 0 saturated carbocycles. The van der Waals surface area contributed by atoms with E-state index in [9.17, 15) is 4.79 Å². The number of carbonyl (C=O) groups excluding carboxylic acids is 1. The van der Waals surface area contributed by atoms with Crippen LogP contribution in [0, 0.1) is 0 Å². The molecular formula is C5H7O5. The van der Waals surface area contributed by atoms with Crippen LogP contribution in [0.5, 0.6) is 0 Å². The molecule has 0 rings (SSSR count). The van der Waals surface area contributed by atoms with E-state index in [0.29, 0.717) is 6.47 Å². The van der Waals surface area contributed by atoms with Crippen LogP contribution in [0.2, 0.25) is 0 Å². The van der Waals surface area contributed by atoms with Gasteiger partial charge in [0.1, 0.15) is 0 Å². The van der Waals surface area contributed by atoms with Crippen molar-refractivity contribution in [2.75, 3.05) is 7.11 Å². The first-order chi connectivity index (χ1) is 4.59. The molecule has 0 bridgehead atoms. The van der Waals surface area contributed by atoms with Gasteiger partial charge in [-0.05, 0) is 6.58 Å². The van der Waals surface area contributed by atoms with Crippen molar-refractivity contribution < 1.29 is 24.5 Å². The summed E-state index contributed by atoms with van der Waals surface area (Å²) in [6.45, 7) is 3.41. The highest BCUT2D eigenvalue weighted by atomic mass is 16.5. The van der Waals surface area contributed by atoms with Gasteiger partial charge in [-0.25, -0.2) is 9.59 Å². The molecule has 10 heavy (non-hydrogen) atoms. The molecule has 0 unspecified atom stereocenters. The van der Waals surface area contributed by atoms with Crippen molar-refractivity contribution in [1.82, 2.24) is 0 Å². The van der Waals surface area contributed by atoms with Gasteiger partial charge in [0.05, 0.1) is 7.11 Å². The average molecular weight is 147 g/mol. The van der Waals surface area contributed by atoms with E-state index in [2.05, 4.69) is 11.3 Å². The van der Waals surface area contributed by atoms with Crippen molar-refractivity contribution in [3.05, 3.63) is 12.3 Å². The summed E-state index contributed by atoms with van der Waals surface area (Å²) in [4.78, 5) is 18.2. The van der Waals surface area contributed by atoms with Crippen LogP contribution in [0.3, 0.4) is 0 Å². The molecule has 5 nitrogen and oxygen atoms in total. The highest BCUT2D eigenvalue weighted by Gasteiger charge is 1.99. The highest BCUT2D eigenvalue weighted by Crippen LogP contribution is 1.82. The number of aliphatic hydroxyl groups excluding tert-OH is 2.